The summed E-state index contributed by atoms with van der Waals surface area (Å²) >= 11 is 0. The third-order valence-corrected chi connectivity index (χ3v) is 5.82. The normalized spacial score (nSPS) is 13.0. The first kappa shape index (κ1) is 23.1. The van der Waals surface area contributed by atoms with Gasteiger partial charge in [-0.15, -0.1) is 18.1 Å². The zero-order chi connectivity index (χ0) is 18.4. The number of hydrogen-bond donors (Lipinski definition) is 0. The highest BCUT2D eigenvalue weighted by Crippen LogP contribution is 2.36. The van der Waals surface area contributed by atoms with Crippen molar-refractivity contribution in [2.75, 3.05) is 24.5 Å². The van der Waals surface area contributed by atoms with Gasteiger partial charge in [0, 0.05) is 18.8 Å². The zero-order valence-corrected chi connectivity index (χ0v) is 17.3. The molecule has 0 spiro atoms. The van der Waals surface area contributed by atoms with Gasteiger partial charge in [-0.2, -0.15) is 0 Å². The number of terminal acetylenes is 1. The Balaban J connectivity index is 4.00. The van der Waals surface area contributed by atoms with E-state index in [4.69, 9.17) is 6.42 Å². The molecule has 0 amide bonds. The topological polar surface area (TPSA) is 17.1 Å². The fourth-order valence-corrected chi connectivity index (χ4v) is 3.82. The van der Waals surface area contributed by atoms with E-state index in [9.17, 15) is 4.79 Å². The van der Waals surface area contributed by atoms with Gasteiger partial charge in [0.1, 0.15) is 5.78 Å². The van der Waals surface area contributed by atoms with Gasteiger partial charge in [0.2, 0.25) is 0 Å². The summed E-state index contributed by atoms with van der Waals surface area (Å²) in [5.41, 5.74) is 4.37. The van der Waals surface area contributed by atoms with Gasteiger partial charge in [0.25, 0.3) is 0 Å². The quantitative estimate of drug-likeness (QED) is 0.209. The summed E-state index contributed by atoms with van der Waals surface area (Å²) in [6.07, 6.45) is 22.7. The molecule has 0 aromatic heterocycles. The molecule has 1 atom stereocenters. The van der Waals surface area contributed by atoms with E-state index in [1.54, 1.807) is 0 Å². The summed E-state index contributed by atoms with van der Waals surface area (Å²) in [6, 6.07) is 0. The second kappa shape index (κ2) is 13.4. The molecular formula is C22H38OS. The highest BCUT2D eigenvalue weighted by Gasteiger charge is 2.10. The maximum Gasteiger partial charge on any atom is 0.132 e. The van der Waals surface area contributed by atoms with E-state index in [1.165, 1.54) is 17.7 Å². The van der Waals surface area contributed by atoms with Crippen LogP contribution in [0.5, 0.6) is 0 Å². The van der Waals surface area contributed by atoms with Crippen LogP contribution >= 0.6 is 10.0 Å². The van der Waals surface area contributed by atoms with Crippen LogP contribution in [0.4, 0.5) is 0 Å². The number of rotatable bonds is 14. The Kier molecular flexibility index (Phi) is 12.9. The zero-order valence-electron chi connectivity index (χ0n) is 16.5. The van der Waals surface area contributed by atoms with Crippen LogP contribution in [0.15, 0.2) is 17.9 Å². The lowest BCUT2D eigenvalue weighted by molar-refractivity contribution is -0.119. The van der Waals surface area contributed by atoms with Crippen molar-refractivity contribution in [1.29, 1.82) is 0 Å². The summed E-state index contributed by atoms with van der Waals surface area (Å²) in [7, 11) is -0.414. The van der Waals surface area contributed by atoms with Crippen molar-refractivity contribution in [3.63, 3.8) is 0 Å². The summed E-state index contributed by atoms with van der Waals surface area (Å²) in [4.78, 5) is 11.5. The molecule has 0 heterocycles. The number of allylic oxidation sites excluding steroid dienone is 1. The largest absolute Gasteiger partial charge is 0.300 e. The molecule has 0 aromatic rings. The first-order chi connectivity index (χ1) is 11.3. The molecule has 1 nitrogen and oxygen atoms in total. The van der Waals surface area contributed by atoms with Gasteiger partial charge >= 0.3 is 0 Å². The van der Waals surface area contributed by atoms with Crippen LogP contribution in [-0.2, 0) is 4.79 Å². The van der Waals surface area contributed by atoms with Gasteiger partial charge in [-0.05, 0) is 81.5 Å². The Bertz CT molecular complexity index is 444. The minimum atomic E-state index is -0.414. The van der Waals surface area contributed by atoms with Crippen molar-refractivity contribution in [1.82, 2.24) is 0 Å². The number of Topliss-reactive ketones (excluding diaryl/α,β-unsaturated/α-hetero) is 1. The summed E-state index contributed by atoms with van der Waals surface area (Å²) in [6.45, 7) is 5.88. The third kappa shape index (κ3) is 13.5. The average molecular weight is 351 g/mol. The van der Waals surface area contributed by atoms with E-state index in [1.807, 2.05) is 0 Å². The average Bonchev–Trinajstić information content (AvgIpc) is 2.51. The summed E-state index contributed by atoms with van der Waals surface area (Å²) in [5, 5.41) is 0. The molecule has 0 aromatic carbocycles. The Hall–Kier alpha value is -0.900. The smallest absolute Gasteiger partial charge is 0.132 e. The second-order valence-corrected chi connectivity index (χ2v) is 12.2. The molecule has 0 N–H and O–H groups in total. The van der Waals surface area contributed by atoms with E-state index in [2.05, 4.69) is 43.9 Å². The SMILES string of the molecule is C#CC(CCCS(C)(C)C)CCC(=C=C)CCCCC(=O)CCC. The van der Waals surface area contributed by atoms with Crippen molar-refractivity contribution >= 4 is 15.8 Å². The fraction of sp³-hybridized carbons (Fsp3) is 0.727. The molecule has 138 valence electrons. The monoisotopic (exact) mass is 350 g/mol. The molecule has 0 aliphatic heterocycles. The molecule has 0 bridgehead atoms. The number of carbonyl (C=O) groups is 1. The van der Waals surface area contributed by atoms with E-state index >= 15 is 0 Å². The molecule has 0 saturated heterocycles. The molecule has 0 radical (unpaired) electrons. The lowest BCUT2D eigenvalue weighted by Crippen LogP contribution is -2.04. The van der Waals surface area contributed by atoms with E-state index in [0.29, 0.717) is 11.7 Å². The number of unbranched alkanes of at least 4 members (excludes halogenated alkanes) is 1. The van der Waals surface area contributed by atoms with Crippen molar-refractivity contribution in [2.45, 2.75) is 71.1 Å². The molecule has 0 fully saturated rings. The summed E-state index contributed by atoms with van der Waals surface area (Å²) < 4.78 is 0. The van der Waals surface area contributed by atoms with Crippen molar-refractivity contribution in [3.8, 4) is 12.3 Å². The summed E-state index contributed by atoms with van der Waals surface area (Å²) in [5.74, 6) is 5.05. The van der Waals surface area contributed by atoms with E-state index in [0.717, 1.165) is 57.8 Å². The van der Waals surface area contributed by atoms with Crippen molar-refractivity contribution in [3.05, 3.63) is 17.9 Å². The van der Waals surface area contributed by atoms with Gasteiger partial charge in [-0.1, -0.05) is 13.5 Å². The molecule has 0 saturated carbocycles. The maximum atomic E-state index is 11.5. The minimum absolute atomic E-state index is 0.376. The van der Waals surface area contributed by atoms with Gasteiger partial charge < -0.3 is 0 Å². The number of ketones is 1. The van der Waals surface area contributed by atoms with Crippen LogP contribution in [0.1, 0.15) is 71.1 Å². The third-order valence-electron chi connectivity index (χ3n) is 4.30. The fourth-order valence-electron chi connectivity index (χ4n) is 2.79. The highest BCUT2D eigenvalue weighted by molar-refractivity contribution is 8.32. The Morgan fingerprint density at radius 2 is 1.71 bits per heavy atom. The van der Waals surface area contributed by atoms with E-state index in [-0.39, 0.29) is 0 Å². The predicted octanol–water partition coefficient (Wildman–Crippen LogP) is 6.13. The number of carbonyl (C=O) groups excluding carboxylic acids is 1. The van der Waals surface area contributed by atoms with Crippen LogP contribution < -0.4 is 0 Å². The molecule has 0 rings (SSSR count). The van der Waals surface area contributed by atoms with Crippen LogP contribution in [0.2, 0.25) is 0 Å². The molecular weight excluding hydrogens is 312 g/mol. The minimum Gasteiger partial charge on any atom is -0.300 e. The van der Waals surface area contributed by atoms with Crippen LogP contribution in [0, 0.1) is 18.3 Å². The van der Waals surface area contributed by atoms with E-state index < -0.39 is 10.0 Å². The molecule has 1 unspecified atom stereocenters. The lowest BCUT2D eigenvalue weighted by Gasteiger charge is -2.25. The molecule has 24 heavy (non-hydrogen) atoms. The maximum absolute atomic E-state index is 11.5. The molecule has 0 aliphatic carbocycles. The van der Waals surface area contributed by atoms with Gasteiger partial charge in [-0.3, -0.25) is 4.79 Å². The van der Waals surface area contributed by atoms with Gasteiger partial charge in [0.05, 0.1) is 0 Å². The van der Waals surface area contributed by atoms with Crippen molar-refractivity contribution < 1.29 is 4.79 Å². The van der Waals surface area contributed by atoms with Crippen LogP contribution in [0.3, 0.4) is 0 Å². The van der Waals surface area contributed by atoms with Gasteiger partial charge in [-0.25, -0.2) is 10.0 Å². The van der Waals surface area contributed by atoms with Crippen LogP contribution in [-0.4, -0.2) is 30.3 Å². The number of hydrogen-bond acceptors (Lipinski definition) is 1. The predicted molar refractivity (Wildman–Crippen MR) is 112 cm³/mol. The molecule has 2 heteroatoms. The molecule has 0 aliphatic rings. The Labute approximate surface area is 152 Å². The highest BCUT2D eigenvalue weighted by atomic mass is 32.3. The standard InChI is InChI=1S/C22H38OS/c1-7-13-22(23)16-11-10-14-20(8-2)17-18-21(9-3)15-12-19-24(4,5)6/h3,21H,2,7,10-19H2,1,4-6H3. The second-order valence-electron chi connectivity index (χ2n) is 7.62. The lowest BCUT2D eigenvalue weighted by atomic mass is 9.94. The van der Waals surface area contributed by atoms with Gasteiger partial charge in [0.15, 0.2) is 0 Å². The van der Waals surface area contributed by atoms with Crippen LogP contribution in [0.25, 0.3) is 0 Å². The van der Waals surface area contributed by atoms with Crippen molar-refractivity contribution in [2.24, 2.45) is 5.92 Å². The Morgan fingerprint density at radius 3 is 2.25 bits per heavy atom. The first-order valence-corrected chi connectivity index (χ1v) is 12.4. The first-order valence-electron chi connectivity index (χ1n) is 9.34. The Morgan fingerprint density at radius 1 is 1.04 bits per heavy atom.